The fraction of sp³-hybridized carbons (Fsp3) is 0.424. The fourth-order valence-corrected chi connectivity index (χ4v) is 4.79. The number of carbonyl (C=O) groups excluding carboxylic acids is 2. The van der Waals surface area contributed by atoms with Gasteiger partial charge >= 0.3 is 0 Å². The van der Waals surface area contributed by atoms with Crippen LogP contribution in [0.1, 0.15) is 60.8 Å². The summed E-state index contributed by atoms with van der Waals surface area (Å²) in [4.78, 5) is 33.3. The highest BCUT2D eigenvalue weighted by atomic mass is 19.1. The number of hydrogen-bond donors (Lipinski definition) is 1. The minimum atomic E-state index is -1.39. The summed E-state index contributed by atoms with van der Waals surface area (Å²) in [5.41, 5.74) is 4.64. The number of halogens is 1. The molecule has 0 radical (unpaired) electrons. The Labute approximate surface area is 245 Å². The first-order valence-electron chi connectivity index (χ1n) is 14.2. The van der Waals surface area contributed by atoms with Gasteiger partial charge in [-0.15, -0.1) is 0 Å². The third-order valence-electron chi connectivity index (χ3n) is 7.13. The van der Waals surface area contributed by atoms with E-state index in [9.17, 15) is 9.59 Å². The summed E-state index contributed by atoms with van der Waals surface area (Å²) in [7, 11) is 7.15. The van der Waals surface area contributed by atoms with Gasteiger partial charge in [0.15, 0.2) is 0 Å². The van der Waals surface area contributed by atoms with Crippen LogP contribution in [0.15, 0.2) is 66.2 Å². The van der Waals surface area contributed by atoms with Crippen molar-refractivity contribution in [2.45, 2.75) is 46.2 Å². The number of alkyl halides is 1. The molecule has 0 aliphatic carbocycles. The minimum absolute atomic E-state index is 0.0850. The van der Waals surface area contributed by atoms with Crippen LogP contribution in [0.2, 0.25) is 0 Å². The molecule has 7 nitrogen and oxygen atoms in total. The van der Waals surface area contributed by atoms with Gasteiger partial charge in [0.2, 0.25) is 0 Å². The number of piperidine rings is 1. The maximum Gasteiger partial charge on any atom is 0.253 e. The number of amides is 1. The second kappa shape index (κ2) is 15.9. The number of nitrogens with one attached hydrogen (secondary N) is 1. The Bertz CT molecular complexity index is 1240. The Hall–Kier alpha value is -3.78. The maximum atomic E-state index is 15.9. The summed E-state index contributed by atoms with van der Waals surface area (Å²) in [6.45, 7) is 10.1. The number of hydrogen-bond acceptors (Lipinski definition) is 6. The molecule has 1 fully saturated rings. The molecule has 1 aromatic heterocycles. The Kier molecular flexibility index (Phi) is 12.9. The van der Waals surface area contributed by atoms with Crippen molar-refractivity contribution < 1.29 is 14.0 Å². The van der Waals surface area contributed by atoms with Crippen molar-refractivity contribution in [3.05, 3.63) is 88.5 Å². The number of carbonyl (C=O) groups is 2. The molecule has 0 saturated carbocycles. The maximum absolute atomic E-state index is 15.9. The highest BCUT2D eigenvalue weighted by molar-refractivity contribution is 5.93. The molecule has 41 heavy (non-hydrogen) atoms. The molecule has 1 N–H and O–H groups in total. The van der Waals surface area contributed by atoms with E-state index >= 15 is 4.39 Å². The van der Waals surface area contributed by atoms with E-state index in [2.05, 4.69) is 28.2 Å². The molecule has 0 spiro atoms. The first-order valence-corrected chi connectivity index (χ1v) is 14.2. The van der Waals surface area contributed by atoms with E-state index in [4.69, 9.17) is 0 Å². The number of rotatable bonds is 10. The van der Waals surface area contributed by atoms with E-state index in [1.165, 1.54) is 16.5 Å². The van der Waals surface area contributed by atoms with Gasteiger partial charge in [-0.25, -0.2) is 4.39 Å². The molecule has 0 atom stereocenters. The molecule has 0 bridgehead atoms. The van der Waals surface area contributed by atoms with Gasteiger partial charge in [-0.3, -0.25) is 19.5 Å². The first-order chi connectivity index (χ1) is 19.6. The molecule has 222 valence electrons. The molecule has 2 aromatic rings. The molecule has 8 heteroatoms. The van der Waals surface area contributed by atoms with Crippen LogP contribution in [0.4, 0.5) is 10.1 Å². The zero-order valence-corrected chi connectivity index (χ0v) is 25.9. The van der Waals surface area contributed by atoms with Gasteiger partial charge in [-0.1, -0.05) is 37.6 Å². The summed E-state index contributed by atoms with van der Waals surface area (Å²) in [6.07, 6.45) is 10.7. The summed E-state index contributed by atoms with van der Waals surface area (Å²) >= 11 is 0. The number of aldehydes is 1. The predicted molar refractivity (Wildman–Crippen MR) is 168 cm³/mol. The van der Waals surface area contributed by atoms with Crippen molar-refractivity contribution in [2.24, 2.45) is 0 Å². The molecular weight excluding hydrogens is 517 g/mol. The number of benzene rings is 1. The van der Waals surface area contributed by atoms with Crippen LogP contribution in [0, 0.1) is 6.92 Å². The third kappa shape index (κ3) is 9.11. The Morgan fingerprint density at radius 1 is 1.12 bits per heavy atom. The number of nitrogens with zero attached hydrogens (tertiary/aromatic N) is 4. The second-order valence-electron chi connectivity index (χ2n) is 10.3. The number of aromatic nitrogens is 1. The molecule has 1 aliphatic rings. The monoisotopic (exact) mass is 563 g/mol. The average molecular weight is 564 g/mol. The lowest BCUT2D eigenvalue weighted by Crippen LogP contribution is -2.40. The summed E-state index contributed by atoms with van der Waals surface area (Å²) < 4.78 is 15.9. The van der Waals surface area contributed by atoms with E-state index in [-0.39, 0.29) is 5.91 Å². The van der Waals surface area contributed by atoms with Crippen LogP contribution >= 0.6 is 0 Å². The molecule has 2 heterocycles. The van der Waals surface area contributed by atoms with Crippen LogP contribution < -0.4 is 10.2 Å². The van der Waals surface area contributed by atoms with Crippen LogP contribution in [-0.4, -0.2) is 74.8 Å². The van der Waals surface area contributed by atoms with Gasteiger partial charge in [0.25, 0.3) is 5.91 Å². The van der Waals surface area contributed by atoms with Crippen LogP contribution in [0.25, 0.3) is 6.08 Å². The van der Waals surface area contributed by atoms with Gasteiger partial charge < -0.3 is 15.1 Å². The number of pyridine rings is 1. The van der Waals surface area contributed by atoms with E-state index in [1.54, 1.807) is 51.6 Å². The Morgan fingerprint density at radius 3 is 2.32 bits per heavy atom. The molecule has 1 saturated heterocycles. The lowest BCUT2D eigenvalue weighted by Gasteiger charge is -2.37. The lowest BCUT2D eigenvalue weighted by atomic mass is 9.85. The normalized spacial score (nSPS) is 15.6. The third-order valence-corrected chi connectivity index (χ3v) is 7.13. The van der Waals surface area contributed by atoms with Gasteiger partial charge in [0.05, 0.1) is 5.69 Å². The molecular formula is C33H46FN5O2. The SMILES string of the molecule is CC.CNC(/C=C\N(C)c1ccnc(C)c1/C=C(\C)CN1CCC(F)(c2ccc(C(=O)N(C)C)cc2)CC1)=C/C=O. The van der Waals surface area contributed by atoms with Gasteiger partial charge in [-0.05, 0) is 56.5 Å². The lowest BCUT2D eigenvalue weighted by molar-refractivity contribution is -0.104. The molecule has 0 unspecified atom stereocenters. The largest absolute Gasteiger partial charge is 0.388 e. The van der Waals surface area contributed by atoms with Crippen molar-refractivity contribution in [2.75, 3.05) is 52.7 Å². The average Bonchev–Trinajstić information content (AvgIpc) is 2.98. The zero-order valence-electron chi connectivity index (χ0n) is 25.9. The van der Waals surface area contributed by atoms with Crippen LogP contribution in [-0.2, 0) is 10.5 Å². The van der Waals surface area contributed by atoms with E-state index in [1.807, 2.05) is 51.1 Å². The van der Waals surface area contributed by atoms with Crippen LogP contribution in [0.3, 0.4) is 0 Å². The van der Waals surface area contributed by atoms with Crippen molar-refractivity contribution in [3.8, 4) is 0 Å². The number of likely N-dealkylation sites (tertiary alicyclic amines) is 1. The number of allylic oxidation sites excluding steroid dienone is 2. The van der Waals surface area contributed by atoms with Crippen molar-refractivity contribution >= 4 is 24.0 Å². The van der Waals surface area contributed by atoms with Crippen molar-refractivity contribution in [3.63, 3.8) is 0 Å². The van der Waals surface area contributed by atoms with E-state index < -0.39 is 5.67 Å². The highest BCUT2D eigenvalue weighted by Gasteiger charge is 2.36. The topological polar surface area (TPSA) is 68.8 Å². The number of likely N-dealkylation sites (N-methyl/N-ethyl adjacent to an activating group) is 1. The second-order valence-corrected chi connectivity index (χ2v) is 10.3. The predicted octanol–water partition coefficient (Wildman–Crippen LogP) is 5.73. The summed E-state index contributed by atoms with van der Waals surface area (Å²) in [5.74, 6) is -0.0850. The fourth-order valence-electron chi connectivity index (χ4n) is 4.79. The summed E-state index contributed by atoms with van der Waals surface area (Å²) in [5, 5.41) is 2.99. The number of anilines is 1. The van der Waals surface area contributed by atoms with Gasteiger partial charge in [-0.2, -0.15) is 0 Å². The first kappa shape index (κ1) is 33.4. The molecule has 1 aliphatic heterocycles. The molecule has 1 aromatic carbocycles. The Balaban J connectivity index is 0.00000287. The standard InChI is InChI=1S/C31H40FN5O2.C2H6/c1-23(21-28-24(2)34-16-11-29(28)36(6)17-12-27(33-3)13-20-38)22-37-18-14-31(32,15-19-37)26-9-7-25(8-10-26)30(39)35(4)5;1-2/h7-13,16-17,20-21,33H,14-15,18-19,22H2,1-6H3;1-2H3/b17-12-,23-21+,27-13+;. The summed E-state index contributed by atoms with van der Waals surface area (Å²) in [6, 6.07) is 8.91. The van der Waals surface area contributed by atoms with Gasteiger partial charge in [0.1, 0.15) is 12.0 Å². The van der Waals surface area contributed by atoms with Crippen LogP contribution in [0.5, 0.6) is 0 Å². The van der Waals surface area contributed by atoms with Crippen molar-refractivity contribution in [1.82, 2.24) is 20.1 Å². The minimum Gasteiger partial charge on any atom is -0.388 e. The smallest absolute Gasteiger partial charge is 0.253 e. The van der Waals surface area contributed by atoms with Crippen molar-refractivity contribution in [1.29, 1.82) is 0 Å². The zero-order chi connectivity index (χ0) is 30.6. The quantitative estimate of drug-likeness (QED) is 0.226. The Morgan fingerprint density at radius 2 is 1.76 bits per heavy atom. The molecule has 3 rings (SSSR count). The highest BCUT2D eigenvalue weighted by Crippen LogP contribution is 2.37. The van der Waals surface area contributed by atoms with Gasteiger partial charge in [0, 0.05) is 88.8 Å². The number of aryl methyl sites for hydroxylation is 1. The van der Waals surface area contributed by atoms with E-state index in [0.717, 1.165) is 29.8 Å². The van der Waals surface area contributed by atoms with E-state index in [0.29, 0.717) is 42.8 Å². The molecule has 1 amide bonds.